The van der Waals surface area contributed by atoms with Gasteiger partial charge in [0.1, 0.15) is 0 Å². The van der Waals surface area contributed by atoms with Crippen molar-refractivity contribution in [1.29, 1.82) is 0 Å². The molecule has 2 aromatic heterocycles. The van der Waals surface area contributed by atoms with Crippen molar-refractivity contribution in [3.05, 3.63) is 56.8 Å². The second kappa shape index (κ2) is 5.31. The third-order valence-corrected chi connectivity index (χ3v) is 5.29. The molecular weight excluding hydrogens is 310 g/mol. The van der Waals surface area contributed by atoms with Crippen LogP contribution in [0.4, 0.5) is 5.13 Å². The lowest BCUT2D eigenvalue weighted by Gasteiger charge is -2.09. The van der Waals surface area contributed by atoms with E-state index in [0.717, 1.165) is 35.9 Å². The van der Waals surface area contributed by atoms with Crippen molar-refractivity contribution in [2.45, 2.75) is 19.3 Å². The highest BCUT2D eigenvalue weighted by Crippen LogP contribution is 2.30. The van der Waals surface area contributed by atoms with Crippen molar-refractivity contribution in [1.82, 2.24) is 9.55 Å². The number of anilines is 1. The number of nitrogens with one attached hydrogen (secondary N) is 1. The molecule has 0 bridgehead atoms. The molecule has 1 N–H and O–H groups in total. The Bertz CT molecular complexity index is 966. The molecule has 2 heterocycles. The summed E-state index contributed by atoms with van der Waals surface area (Å²) in [6.45, 7) is 0. The first kappa shape index (κ1) is 14.1. The Hall–Kier alpha value is -2.47. The third kappa shape index (κ3) is 2.35. The predicted molar refractivity (Wildman–Crippen MR) is 91.3 cm³/mol. The maximum Gasteiger partial charge on any atom is 0.258 e. The highest BCUT2D eigenvalue weighted by atomic mass is 32.1. The molecule has 0 aliphatic heterocycles. The zero-order valence-electron chi connectivity index (χ0n) is 12.6. The lowest BCUT2D eigenvalue weighted by Crippen LogP contribution is -2.21. The Balaban J connectivity index is 1.74. The van der Waals surface area contributed by atoms with Gasteiger partial charge in [-0.3, -0.25) is 14.9 Å². The molecule has 116 valence electrons. The number of hydrogen-bond acceptors (Lipinski definition) is 4. The van der Waals surface area contributed by atoms with E-state index < -0.39 is 0 Å². The van der Waals surface area contributed by atoms with Crippen LogP contribution in [0.1, 0.15) is 27.3 Å². The zero-order chi connectivity index (χ0) is 16.0. The van der Waals surface area contributed by atoms with Crippen LogP contribution in [-0.2, 0) is 19.9 Å². The number of amides is 1. The minimum absolute atomic E-state index is 0.199. The Morgan fingerprint density at radius 2 is 2.13 bits per heavy atom. The number of benzene rings is 1. The molecule has 1 amide bonds. The van der Waals surface area contributed by atoms with Gasteiger partial charge in [0.2, 0.25) is 0 Å². The van der Waals surface area contributed by atoms with Crippen LogP contribution < -0.4 is 10.9 Å². The van der Waals surface area contributed by atoms with E-state index in [2.05, 4.69) is 10.3 Å². The molecule has 0 spiro atoms. The summed E-state index contributed by atoms with van der Waals surface area (Å²) in [7, 11) is 1.71. The number of hydrogen-bond donors (Lipinski definition) is 1. The van der Waals surface area contributed by atoms with Crippen LogP contribution in [0.2, 0.25) is 0 Å². The molecule has 3 aromatic rings. The van der Waals surface area contributed by atoms with Crippen molar-refractivity contribution in [2.24, 2.45) is 7.05 Å². The number of aromatic nitrogens is 2. The van der Waals surface area contributed by atoms with Crippen LogP contribution in [0.15, 0.2) is 35.1 Å². The fraction of sp³-hybridized carbons (Fsp3) is 0.235. The second-order valence-electron chi connectivity index (χ2n) is 5.67. The van der Waals surface area contributed by atoms with Crippen molar-refractivity contribution in [2.75, 3.05) is 5.32 Å². The number of carbonyl (C=O) groups excluding carboxylic acids is 1. The third-order valence-electron chi connectivity index (χ3n) is 4.21. The molecule has 4 rings (SSSR count). The number of aryl methyl sites for hydroxylation is 3. The average Bonchev–Trinajstić information content (AvgIpc) is 3.12. The van der Waals surface area contributed by atoms with Crippen LogP contribution in [0.3, 0.4) is 0 Å². The van der Waals surface area contributed by atoms with Gasteiger partial charge in [0.05, 0.1) is 16.8 Å². The SMILES string of the molecule is Cn1c(=O)cc(C(=O)Nc2nc3c(s2)CCC3)c2ccccc21. The molecule has 23 heavy (non-hydrogen) atoms. The fourth-order valence-electron chi connectivity index (χ4n) is 3.01. The Kier molecular flexibility index (Phi) is 3.27. The van der Waals surface area contributed by atoms with E-state index in [4.69, 9.17) is 0 Å². The number of nitrogens with zero attached hydrogens (tertiary/aromatic N) is 2. The van der Waals surface area contributed by atoms with E-state index in [-0.39, 0.29) is 11.5 Å². The summed E-state index contributed by atoms with van der Waals surface area (Å²) in [6, 6.07) is 8.80. The number of fused-ring (bicyclic) bond motifs is 2. The highest BCUT2D eigenvalue weighted by Gasteiger charge is 2.19. The maximum absolute atomic E-state index is 12.6. The maximum atomic E-state index is 12.6. The first-order valence-electron chi connectivity index (χ1n) is 7.52. The normalized spacial score (nSPS) is 13.3. The van der Waals surface area contributed by atoms with Gasteiger partial charge < -0.3 is 4.57 Å². The molecule has 0 saturated carbocycles. The van der Waals surface area contributed by atoms with Crippen LogP contribution >= 0.6 is 11.3 Å². The number of carbonyl (C=O) groups is 1. The van der Waals surface area contributed by atoms with Crippen molar-refractivity contribution < 1.29 is 4.79 Å². The van der Waals surface area contributed by atoms with Gasteiger partial charge in [-0.1, -0.05) is 18.2 Å². The van der Waals surface area contributed by atoms with E-state index in [1.54, 1.807) is 11.6 Å². The topological polar surface area (TPSA) is 64.0 Å². The van der Waals surface area contributed by atoms with Crippen molar-refractivity contribution >= 4 is 33.3 Å². The molecule has 0 atom stereocenters. The van der Waals surface area contributed by atoms with E-state index in [0.29, 0.717) is 10.7 Å². The van der Waals surface area contributed by atoms with Crippen molar-refractivity contribution in [3.63, 3.8) is 0 Å². The average molecular weight is 325 g/mol. The molecule has 1 aliphatic rings. The van der Waals surface area contributed by atoms with Crippen LogP contribution in [0.5, 0.6) is 0 Å². The first-order chi connectivity index (χ1) is 11.1. The molecule has 0 radical (unpaired) electrons. The van der Waals surface area contributed by atoms with Gasteiger partial charge in [-0.05, 0) is 25.3 Å². The zero-order valence-corrected chi connectivity index (χ0v) is 13.4. The van der Waals surface area contributed by atoms with Gasteiger partial charge in [0.15, 0.2) is 5.13 Å². The number of rotatable bonds is 2. The smallest absolute Gasteiger partial charge is 0.258 e. The summed E-state index contributed by atoms with van der Waals surface area (Å²) in [5, 5.41) is 4.22. The molecule has 0 fully saturated rings. The predicted octanol–water partition coefficient (Wildman–Crippen LogP) is 2.74. The van der Waals surface area contributed by atoms with E-state index >= 15 is 0 Å². The minimum Gasteiger partial charge on any atom is -0.311 e. The monoisotopic (exact) mass is 325 g/mol. The molecule has 1 aliphatic carbocycles. The largest absolute Gasteiger partial charge is 0.311 e. The summed E-state index contributed by atoms with van der Waals surface area (Å²) >= 11 is 1.53. The summed E-state index contributed by atoms with van der Waals surface area (Å²) < 4.78 is 1.55. The van der Waals surface area contributed by atoms with Gasteiger partial charge in [-0.2, -0.15) is 0 Å². The molecule has 5 nitrogen and oxygen atoms in total. The van der Waals surface area contributed by atoms with Gasteiger partial charge >= 0.3 is 0 Å². The second-order valence-corrected chi connectivity index (χ2v) is 6.75. The van der Waals surface area contributed by atoms with Gasteiger partial charge in [0.25, 0.3) is 11.5 Å². The number of pyridine rings is 1. The lowest BCUT2D eigenvalue weighted by molar-refractivity contribution is 0.102. The highest BCUT2D eigenvalue weighted by molar-refractivity contribution is 7.16. The summed E-state index contributed by atoms with van der Waals surface area (Å²) in [6.07, 6.45) is 3.16. The van der Waals surface area contributed by atoms with E-state index in [9.17, 15) is 9.59 Å². The van der Waals surface area contributed by atoms with E-state index in [1.807, 2.05) is 24.3 Å². The lowest BCUT2D eigenvalue weighted by atomic mass is 10.1. The number of thiazole rings is 1. The molecule has 6 heteroatoms. The molecular formula is C17H15N3O2S. The van der Waals surface area contributed by atoms with Crippen molar-refractivity contribution in [3.8, 4) is 0 Å². The molecule has 0 saturated heterocycles. The van der Waals surface area contributed by atoms with Crippen LogP contribution in [0, 0.1) is 0 Å². The van der Waals surface area contributed by atoms with Gasteiger partial charge in [0, 0.05) is 23.4 Å². The fourth-order valence-corrected chi connectivity index (χ4v) is 4.05. The summed E-state index contributed by atoms with van der Waals surface area (Å²) in [5.41, 5.74) is 2.03. The standard InChI is InChI=1S/C17H15N3O2S/c1-20-13-7-3-2-5-10(13)11(9-15(20)21)16(22)19-17-18-12-6-4-8-14(12)23-17/h2-3,5,7,9H,4,6,8H2,1H3,(H,18,19,22). The Labute approximate surface area is 136 Å². The van der Waals surface area contributed by atoms with Crippen LogP contribution in [0.25, 0.3) is 10.9 Å². The van der Waals surface area contributed by atoms with Gasteiger partial charge in [-0.25, -0.2) is 4.98 Å². The summed E-state index contributed by atoms with van der Waals surface area (Å²) in [5.74, 6) is -0.286. The first-order valence-corrected chi connectivity index (χ1v) is 8.34. The Morgan fingerprint density at radius 1 is 1.30 bits per heavy atom. The van der Waals surface area contributed by atoms with Gasteiger partial charge in [-0.15, -0.1) is 11.3 Å². The Morgan fingerprint density at radius 3 is 2.96 bits per heavy atom. The van der Waals surface area contributed by atoms with E-state index in [1.165, 1.54) is 22.3 Å². The summed E-state index contributed by atoms with van der Waals surface area (Å²) in [4.78, 5) is 30.5. The molecule has 1 aromatic carbocycles. The van der Waals surface area contributed by atoms with Crippen LogP contribution in [-0.4, -0.2) is 15.5 Å². The quantitative estimate of drug-likeness (QED) is 0.788. The number of para-hydroxylation sites is 1. The minimum atomic E-state index is -0.286. The molecule has 0 unspecified atom stereocenters.